The second-order valence-electron chi connectivity index (χ2n) is 4.23. The molecule has 2 aromatic rings. The van der Waals surface area contributed by atoms with E-state index in [9.17, 15) is 18.8 Å². The molecule has 0 fully saturated rings. The van der Waals surface area contributed by atoms with E-state index in [4.69, 9.17) is 5.73 Å². The highest BCUT2D eigenvalue weighted by molar-refractivity contribution is 7.14. The summed E-state index contributed by atoms with van der Waals surface area (Å²) in [5.74, 6) is -2.57. The fraction of sp³-hybridized carbons (Fsp3) is 0.0769. The monoisotopic (exact) mass is 322 g/mol. The third-order valence-electron chi connectivity index (χ3n) is 2.51. The smallest absolute Gasteiger partial charge is 0.275 e. The summed E-state index contributed by atoms with van der Waals surface area (Å²) in [6.45, 7) is 1.32. The summed E-state index contributed by atoms with van der Waals surface area (Å²) in [6.07, 6.45) is 0. The Morgan fingerprint density at radius 2 is 2.00 bits per heavy atom. The van der Waals surface area contributed by atoms with Gasteiger partial charge in [-0.1, -0.05) is 0 Å². The van der Waals surface area contributed by atoms with Crippen molar-refractivity contribution in [3.05, 3.63) is 40.7 Å². The van der Waals surface area contributed by atoms with Crippen molar-refractivity contribution in [2.45, 2.75) is 6.92 Å². The van der Waals surface area contributed by atoms with Crippen LogP contribution in [0.25, 0.3) is 0 Å². The molecule has 0 aliphatic rings. The first-order valence-electron chi connectivity index (χ1n) is 6.00. The van der Waals surface area contributed by atoms with Crippen LogP contribution in [0, 0.1) is 5.82 Å². The van der Waals surface area contributed by atoms with Gasteiger partial charge >= 0.3 is 0 Å². The molecule has 22 heavy (non-hydrogen) atoms. The Labute approximate surface area is 128 Å². The molecule has 0 radical (unpaired) electrons. The zero-order chi connectivity index (χ0) is 16.3. The Bertz CT molecular complexity index is 759. The van der Waals surface area contributed by atoms with Gasteiger partial charge < -0.3 is 16.4 Å². The first-order chi connectivity index (χ1) is 10.4. The summed E-state index contributed by atoms with van der Waals surface area (Å²) in [6, 6.07) is 3.46. The van der Waals surface area contributed by atoms with Crippen LogP contribution in [0.1, 0.15) is 27.8 Å². The van der Waals surface area contributed by atoms with Crippen molar-refractivity contribution in [2.24, 2.45) is 5.73 Å². The molecule has 0 unspecified atom stereocenters. The third-order valence-corrected chi connectivity index (χ3v) is 3.27. The average molecular weight is 322 g/mol. The number of rotatable bonds is 4. The Kier molecular flexibility index (Phi) is 4.47. The molecular formula is C13H11FN4O3S. The van der Waals surface area contributed by atoms with E-state index in [0.29, 0.717) is 0 Å². The number of aromatic nitrogens is 1. The van der Waals surface area contributed by atoms with Gasteiger partial charge in [-0.25, -0.2) is 9.37 Å². The molecule has 0 saturated carbocycles. The Morgan fingerprint density at radius 1 is 1.27 bits per heavy atom. The second-order valence-corrected chi connectivity index (χ2v) is 5.09. The van der Waals surface area contributed by atoms with Crippen molar-refractivity contribution in [1.82, 2.24) is 4.98 Å². The van der Waals surface area contributed by atoms with E-state index in [1.54, 1.807) is 0 Å². The molecule has 0 aliphatic carbocycles. The number of amides is 3. The van der Waals surface area contributed by atoms with Crippen LogP contribution < -0.4 is 16.4 Å². The molecule has 1 aromatic carbocycles. The topological polar surface area (TPSA) is 114 Å². The molecule has 0 atom stereocenters. The number of nitrogens with one attached hydrogen (secondary N) is 2. The maximum absolute atomic E-state index is 13.3. The van der Waals surface area contributed by atoms with Crippen molar-refractivity contribution in [3.63, 3.8) is 0 Å². The zero-order valence-electron chi connectivity index (χ0n) is 11.3. The molecule has 0 spiro atoms. The number of nitrogens with zero attached hydrogens (tertiary/aromatic N) is 1. The Hall–Kier alpha value is -2.81. The van der Waals surface area contributed by atoms with Crippen LogP contribution in [0.2, 0.25) is 0 Å². The maximum atomic E-state index is 13.3. The summed E-state index contributed by atoms with van der Waals surface area (Å²) in [7, 11) is 0. The molecule has 0 saturated heterocycles. The lowest BCUT2D eigenvalue weighted by atomic mass is 10.1. The van der Waals surface area contributed by atoms with Gasteiger partial charge in [0.05, 0.1) is 5.56 Å². The first kappa shape index (κ1) is 15.6. The molecule has 114 valence electrons. The van der Waals surface area contributed by atoms with E-state index in [2.05, 4.69) is 15.6 Å². The molecule has 1 aromatic heterocycles. The summed E-state index contributed by atoms with van der Waals surface area (Å²) < 4.78 is 13.3. The number of anilines is 2. The van der Waals surface area contributed by atoms with Gasteiger partial charge in [-0.15, -0.1) is 11.3 Å². The van der Waals surface area contributed by atoms with Gasteiger partial charge in [-0.3, -0.25) is 14.4 Å². The molecular weight excluding hydrogens is 311 g/mol. The molecule has 3 amide bonds. The molecule has 1 heterocycles. The number of nitrogens with two attached hydrogens (primary N) is 1. The molecule has 7 nitrogen and oxygen atoms in total. The van der Waals surface area contributed by atoms with Gasteiger partial charge in [0.15, 0.2) is 5.13 Å². The number of carbonyl (C=O) groups is 3. The highest BCUT2D eigenvalue weighted by Crippen LogP contribution is 2.18. The van der Waals surface area contributed by atoms with E-state index in [0.717, 1.165) is 23.5 Å². The number of hydrogen-bond acceptors (Lipinski definition) is 5. The van der Waals surface area contributed by atoms with Crippen molar-refractivity contribution < 1.29 is 18.8 Å². The minimum absolute atomic E-state index is 0.0821. The van der Waals surface area contributed by atoms with Gasteiger partial charge in [0.2, 0.25) is 5.91 Å². The largest absolute Gasteiger partial charge is 0.366 e. The van der Waals surface area contributed by atoms with Crippen LogP contribution in [-0.4, -0.2) is 22.7 Å². The molecule has 2 rings (SSSR count). The van der Waals surface area contributed by atoms with E-state index >= 15 is 0 Å². The van der Waals surface area contributed by atoms with E-state index in [-0.39, 0.29) is 28.0 Å². The molecule has 0 aliphatic heterocycles. The predicted octanol–water partition coefficient (Wildman–Crippen LogP) is 1.59. The minimum Gasteiger partial charge on any atom is -0.366 e. The maximum Gasteiger partial charge on any atom is 0.275 e. The van der Waals surface area contributed by atoms with Crippen LogP contribution in [0.4, 0.5) is 15.2 Å². The summed E-state index contributed by atoms with van der Waals surface area (Å²) in [5, 5.41) is 6.66. The van der Waals surface area contributed by atoms with Crippen LogP contribution in [0.15, 0.2) is 23.6 Å². The van der Waals surface area contributed by atoms with Gasteiger partial charge in [-0.2, -0.15) is 0 Å². The van der Waals surface area contributed by atoms with Crippen LogP contribution in [0.5, 0.6) is 0 Å². The lowest BCUT2D eigenvalue weighted by molar-refractivity contribution is -0.114. The highest BCUT2D eigenvalue weighted by Gasteiger charge is 2.14. The standard InChI is InChI=1S/C13H11FN4O3S/c1-6(19)16-13-18-10(5-22-13)12(21)17-7-2-3-9(14)8(4-7)11(15)20/h2-5H,1H3,(H2,15,20)(H,17,21)(H,16,18,19). The Morgan fingerprint density at radius 3 is 2.64 bits per heavy atom. The van der Waals surface area contributed by atoms with Crippen molar-refractivity contribution in [2.75, 3.05) is 10.6 Å². The van der Waals surface area contributed by atoms with E-state index < -0.39 is 17.6 Å². The normalized spacial score (nSPS) is 10.1. The molecule has 4 N–H and O–H groups in total. The van der Waals surface area contributed by atoms with E-state index in [1.807, 2.05) is 0 Å². The molecule has 9 heteroatoms. The van der Waals surface area contributed by atoms with Crippen molar-refractivity contribution >= 4 is 39.9 Å². The summed E-state index contributed by atoms with van der Waals surface area (Å²) in [5.41, 5.74) is 4.99. The fourth-order valence-electron chi connectivity index (χ4n) is 1.57. The van der Waals surface area contributed by atoms with Crippen molar-refractivity contribution in [1.29, 1.82) is 0 Å². The summed E-state index contributed by atoms with van der Waals surface area (Å²) in [4.78, 5) is 37.9. The number of hydrogen-bond donors (Lipinski definition) is 3. The number of benzene rings is 1. The lowest BCUT2D eigenvalue weighted by Crippen LogP contribution is -2.16. The fourth-order valence-corrected chi connectivity index (χ4v) is 2.31. The third kappa shape index (κ3) is 3.64. The summed E-state index contributed by atoms with van der Waals surface area (Å²) >= 11 is 1.09. The average Bonchev–Trinajstić information content (AvgIpc) is 2.88. The van der Waals surface area contributed by atoms with Crippen molar-refractivity contribution in [3.8, 4) is 0 Å². The number of halogens is 1. The first-order valence-corrected chi connectivity index (χ1v) is 6.88. The van der Waals surface area contributed by atoms with Crippen LogP contribution in [0.3, 0.4) is 0 Å². The van der Waals surface area contributed by atoms with Crippen LogP contribution in [-0.2, 0) is 4.79 Å². The number of carbonyl (C=O) groups excluding carboxylic acids is 3. The highest BCUT2D eigenvalue weighted by atomic mass is 32.1. The van der Waals surface area contributed by atoms with Gasteiger partial charge in [0, 0.05) is 18.0 Å². The Balaban J connectivity index is 2.15. The minimum atomic E-state index is -0.935. The zero-order valence-corrected chi connectivity index (χ0v) is 12.2. The number of thiazole rings is 1. The quantitative estimate of drug-likeness (QED) is 0.793. The van der Waals surface area contributed by atoms with Gasteiger partial charge in [0.25, 0.3) is 11.8 Å². The predicted molar refractivity (Wildman–Crippen MR) is 79.3 cm³/mol. The van der Waals surface area contributed by atoms with Gasteiger partial charge in [0.1, 0.15) is 11.5 Å². The second kappa shape index (κ2) is 6.31. The van der Waals surface area contributed by atoms with Gasteiger partial charge in [-0.05, 0) is 18.2 Å². The number of primary amides is 1. The lowest BCUT2D eigenvalue weighted by Gasteiger charge is -2.05. The molecule has 0 bridgehead atoms. The SMILES string of the molecule is CC(=O)Nc1nc(C(=O)Nc2ccc(F)c(C(N)=O)c2)cs1. The van der Waals surface area contributed by atoms with Crippen LogP contribution >= 0.6 is 11.3 Å². The van der Waals surface area contributed by atoms with E-state index in [1.165, 1.54) is 18.4 Å².